The summed E-state index contributed by atoms with van der Waals surface area (Å²) in [5.41, 5.74) is 1.74. The molecule has 3 aromatic rings. The van der Waals surface area contributed by atoms with Crippen molar-refractivity contribution in [2.45, 2.75) is 13.0 Å². The van der Waals surface area contributed by atoms with Crippen molar-refractivity contribution in [2.24, 2.45) is 0 Å². The first-order chi connectivity index (χ1) is 12.2. The predicted octanol–water partition coefficient (Wildman–Crippen LogP) is 4.00. The van der Waals surface area contributed by atoms with Gasteiger partial charge in [0, 0.05) is 0 Å². The van der Waals surface area contributed by atoms with E-state index in [9.17, 15) is 10.1 Å². The van der Waals surface area contributed by atoms with E-state index in [1.807, 2.05) is 55.5 Å². The van der Waals surface area contributed by atoms with Gasteiger partial charge in [-0.15, -0.1) is 0 Å². The Morgan fingerprint density at radius 3 is 2.44 bits per heavy atom. The third kappa shape index (κ3) is 3.96. The van der Waals surface area contributed by atoms with E-state index in [0.29, 0.717) is 5.69 Å². The van der Waals surface area contributed by atoms with Crippen LogP contribution < -0.4 is 10.2 Å². The quantitative estimate of drug-likeness (QED) is 0.568. The van der Waals surface area contributed by atoms with Crippen LogP contribution in [0.3, 0.4) is 0 Å². The lowest BCUT2D eigenvalue weighted by Gasteiger charge is -2.19. The van der Waals surface area contributed by atoms with Crippen molar-refractivity contribution >= 4 is 22.4 Å². The van der Waals surface area contributed by atoms with Gasteiger partial charge in [-0.25, -0.2) is 0 Å². The maximum Gasteiger partial charge on any atom is 0.241 e. The average molecular weight is 329 g/mol. The molecule has 0 aliphatic rings. The average Bonchev–Trinajstić information content (AvgIpc) is 2.66. The number of anilines is 1. The number of amides is 1. The molecule has 0 bridgehead atoms. The number of carbonyl (C=O) groups is 1. The Bertz CT molecular complexity index is 915. The third-order valence-electron chi connectivity index (χ3n) is 4.14. The van der Waals surface area contributed by atoms with E-state index in [2.05, 4.69) is 35.8 Å². The minimum atomic E-state index is -0.189. The van der Waals surface area contributed by atoms with E-state index >= 15 is 0 Å². The molecule has 1 N–H and O–H groups in total. The van der Waals surface area contributed by atoms with Crippen molar-refractivity contribution in [1.82, 2.24) is 5.32 Å². The second-order valence-electron chi connectivity index (χ2n) is 5.92. The Kier molecular flexibility index (Phi) is 4.96. The minimum absolute atomic E-state index is 0.00155. The molecule has 0 heterocycles. The summed E-state index contributed by atoms with van der Waals surface area (Å²) in [5.74, 6) is -0.189. The van der Waals surface area contributed by atoms with E-state index < -0.39 is 0 Å². The van der Waals surface area contributed by atoms with Crippen LogP contribution in [-0.2, 0) is 4.79 Å². The number of para-hydroxylation sites is 1. The van der Waals surface area contributed by atoms with Crippen molar-refractivity contribution in [3.8, 4) is 6.19 Å². The highest BCUT2D eigenvalue weighted by molar-refractivity contribution is 5.84. The summed E-state index contributed by atoms with van der Waals surface area (Å²) in [6, 6.07) is 23.3. The molecule has 0 aliphatic carbocycles. The number of benzene rings is 3. The van der Waals surface area contributed by atoms with Crippen LogP contribution in [0.15, 0.2) is 72.8 Å². The van der Waals surface area contributed by atoms with Crippen LogP contribution >= 0.6 is 0 Å². The summed E-state index contributed by atoms with van der Waals surface area (Å²) in [7, 11) is 0. The second-order valence-corrected chi connectivity index (χ2v) is 5.92. The normalized spacial score (nSPS) is 11.5. The first-order valence-electron chi connectivity index (χ1n) is 8.18. The van der Waals surface area contributed by atoms with Gasteiger partial charge >= 0.3 is 0 Å². The lowest BCUT2D eigenvalue weighted by molar-refractivity contribution is -0.120. The number of hydrogen-bond donors (Lipinski definition) is 1. The van der Waals surface area contributed by atoms with Gasteiger partial charge in [-0.2, -0.15) is 5.26 Å². The van der Waals surface area contributed by atoms with Gasteiger partial charge in [-0.05, 0) is 41.5 Å². The molecule has 0 fully saturated rings. The largest absolute Gasteiger partial charge is 0.348 e. The monoisotopic (exact) mass is 329 g/mol. The molecule has 3 rings (SSSR count). The zero-order chi connectivity index (χ0) is 17.6. The lowest BCUT2D eigenvalue weighted by atomic mass is 10.0. The molecule has 4 heteroatoms. The first kappa shape index (κ1) is 16.5. The molecule has 0 aliphatic heterocycles. The Balaban J connectivity index is 1.68. The SMILES string of the molecule is C[C@H](NC(=O)CN(C#N)c1ccccc1)c1ccc2ccccc2c1. The summed E-state index contributed by atoms with van der Waals surface area (Å²) < 4.78 is 0. The highest BCUT2D eigenvalue weighted by Gasteiger charge is 2.14. The summed E-state index contributed by atoms with van der Waals surface area (Å²) in [4.78, 5) is 13.7. The van der Waals surface area contributed by atoms with Crippen LogP contribution in [0.4, 0.5) is 5.69 Å². The smallest absolute Gasteiger partial charge is 0.241 e. The molecule has 3 aromatic carbocycles. The van der Waals surface area contributed by atoms with Crippen LogP contribution in [0, 0.1) is 11.5 Å². The summed E-state index contributed by atoms with van der Waals surface area (Å²) >= 11 is 0. The molecule has 0 saturated carbocycles. The van der Waals surface area contributed by atoms with Gasteiger partial charge < -0.3 is 5.32 Å². The van der Waals surface area contributed by atoms with Crippen LogP contribution in [-0.4, -0.2) is 12.5 Å². The summed E-state index contributed by atoms with van der Waals surface area (Å²) in [6.45, 7) is 1.94. The number of nitrogens with one attached hydrogen (secondary N) is 1. The van der Waals surface area contributed by atoms with Gasteiger partial charge in [-0.1, -0.05) is 54.6 Å². The Morgan fingerprint density at radius 2 is 1.72 bits per heavy atom. The molecule has 25 heavy (non-hydrogen) atoms. The molecule has 1 amide bonds. The highest BCUT2D eigenvalue weighted by atomic mass is 16.2. The van der Waals surface area contributed by atoms with Gasteiger partial charge in [0.15, 0.2) is 6.19 Å². The number of nitriles is 1. The number of rotatable bonds is 5. The van der Waals surface area contributed by atoms with Crippen molar-refractivity contribution in [3.63, 3.8) is 0 Å². The Hall–Kier alpha value is -3.32. The molecule has 0 saturated heterocycles. The Labute approximate surface area is 147 Å². The topological polar surface area (TPSA) is 56.1 Å². The summed E-state index contributed by atoms with van der Waals surface area (Å²) in [5, 5.41) is 14.6. The first-order valence-corrected chi connectivity index (χ1v) is 8.18. The Morgan fingerprint density at radius 1 is 1.04 bits per heavy atom. The number of nitrogens with zero attached hydrogens (tertiary/aromatic N) is 2. The van der Waals surface area contributed by atoms with Gasteiger partial charge in [-0.3, -0.25) is 9.69 Å². The van der Waals surface area contributed by atoms with Crippen molar-refractivity contribution < 1.29 is 4.79 Å². The fourth-order valence-corrected chi connectivity index (χ4v) is 2.78. The van der Waals surface area contributed by atoms with Gasteiger partial charge in [0.25, 0.3) is 0 Å². The molecule has 4 nitrogen and oxygen atoms in total. The molecule has 0 unspecified atom stereocenters. The molecule has 1 atom stereocenters. The van der Waals surface area contributed by atoms with Crippen LogP contribution in [0.1, 0.15) is 18.5 Å². The molecule has 0 spiro atoms. The molecule has 0 radical (unpaired) electrons. The second kappa shape index (κ2) is 7.50. The maximum absolute atomic E-state index is 12.3. The van der Waals surface area contributed by atoms with E-state index in [-0.39, 0.29) is 18.5 Å². The van der Waals surface area contributed by atoms with Crippen LogP contribution in [0.5, 0.6) is 0 Å². The molecule has 0 aromatic heterocycles. The minimum Gasteiger partial charge on any atom is -0.348 e. The fraction of sp³-hybridized carbons (Fsp3) is 0.143. The van der Waals surface area contributed by atoms with Crippen molar-refractivity contribution in [1.29, 1.82) is 5.26 Å². The molecule has 124 valence electrons. The van der Waals surface area contributed by atoms with Crippen LogP contribution in [0.2, 0.25) is 0 Å². The highest BCUT2D eigenvalue weighted by Crippen LogP contribution is 2.20. The summed E-state index contributed by atoms with van der Waals surface area (Å²) in [6.07, 6.45) is 2.06. The van der Waals surface area contributed by atoms with Crippen molar-refractivity contribution in [2.75, 3.05) is 11.4 Å². The predicted molar refractivity (Wildman–Crippen MR) is 99.9 cm³/mol. The number of hydrogen-bond acceptors (Lipinski definition) is 3. The lowest BCUT2D eigenvalue weighted by Crippen LogP contribution is -2.36. The zero-order valence-corrected chi connectivity index (χ0v) is 14.0. The van der Waals surface area contributed by atoms with E-state index in [0.717, 1.165) is 10.9 Å². The van der Waals surface area contributed by atoms with Crippen LogP contribution in [0.25, 0.3) is 10.8 Å². The standard InChI is InChI=1S/C21H19N3O/c1-16(18-12-11-17-7-5-6-8-19(17)13-18)23-21(25)14-24(15-22)20-9-3-2-4-10-20/h2-13,16H,14H2,1H3,(H,23,25)/t16-/m0/s1. The van der Waals surface area contributed by atoms with Gasteiger partial charge in [0.1, 0.15) is 6.54 Å². The molecular formula is C21H19N3O. The van der Waals surface area contributed by atoms with E-state index in [1.54, 1.807) is 0 Å². The third-order valence-corrected chi connectivity index (χ3v) is 4.14. The van der Waals surface area contributed by atoms with Crippen molar-refractivity contribution in [3.05, 3.63) is 78.4 Å². The fourth-order valence-electron chi connectivity index (χ4n) is 2.78. The maximum atomic E-state index is 12.3. The number of carbonyl (C=O) groups excluding carboxylic acids is 1. The van der Waals surface area contributed by atoms with E-state index in [1.165, 1.54) is 10.3 Å². The van der Waals surface area contributed by atoms with E-state index in [4.69, 9.17) is 0 Å². The zero-order valence-electron chi connectivity index (χ0n) is 14.0. The van der Waals surface area contributed by atoms with Gasteiger partial charge in [0.2, 0.25) is 5.91 Å². The van der Waals surface area contributed by atoms with Gasteiger partial charge in [0.05, 0.1) is 11.7 Å². The number of fused-ring (bicyclic) bond motifs is 1. The molecular weight excluding hydrogens is 310 g/mol.